The van der Waals surface area contributed by atoms with Crippen LogP contribution in [-0.4, -0.2) is 5.78 Å². The number of carbonyl (C=O) groups excluding carboxylic acids is 1. The number of carbonyl (C=O) groups is 1. The number of hydrogen-bond donors (Lipinski definition) is 0. The molecule has 1 fully saturated rings. The number of rotatable bonds is 0. The molecule has 0 saturated heterocycles. The van der Waals surface area contributed by atoms with Gasteiger partial charge in [-0.05, 0) is 36.7 Å². The molecule has 0 spiro atoms. The molecule has 1 heteroatoms. The molecule has 0 aliphatic heterocycles. The monoisotopic (exact) mass is 178 g/mol. The molecule has 1 nitrogen and oxygen atoms in total. The van der Waals surface area contributed by atoms with E-state index in [0.717, 1.165) is 12.8 Å². The van der Waals surface area contributed by atoms with Crippen molar-refractivity contribution in [2.24, 2.45) is 11.3 Å². The predicted molar refractivity (Wildman–Crippen MR) is 53.4 cm³/mol. The van der Waals surface area contributed by atoms with Crippen LogP contribution in [0.5, 0.6) is 0 Å². The quantitative estimate of drug-likeness (QED) is 0.557. The normalized spacial score (nSPS) is 39.7. The third kappa shape index (κ3) is 1.34. The van der Waals surface area contributed by atoms with Crippen LogP contribution >= 0.6 is 0 Å². The second-order valence-corrected chi connectivity index (χ2v) is 4.87. The first-order chi connectivity index (χ1) is 6.13. The Kier molecular flexibility index (Phi) is 2.05. The van der Waals surface area contributed by atoms with E-state index in [1.54, 1.807) is 0 Å². The molecule has 0 amide bonds. The van der Waals surface area contributed by atoms with Gasteiger partial charge in [-0.3, -0.25) is 4.79 Å². The van der Waals surface area contributed by atoms with Crippen LogP contribution in [-0.2, 0) is 4.79 Å². The highest BCUT2D eigenvalue weighted by Gasteiger charge is 2.40. The first-order valence-corrected chi connectivity index (χ1v) is 5.37. The van der Waals surface area contributed by atoms with Crippen molar-refractivity contribution in [1.29, 1.82) is 0 Å². The van der Waals surface area contributed by atoms with Gasteiger partial charge in [0.1, 0.15) is 0 Å². The van der Waals surface area contributed by atoms with Crippen molar-refractivity contribution in [3.8, 4) is 0 Å². The molecule has 2 rings (SSSR count). The fourth-order valence-corrected chi connectivity index (χ4v) is 2.83. The largest absolute Gasteiger partial charge is 0.295 e. The molecule has 72 valence electrons. The fraction of sp³-hybridized carbons (Fsp3) is 0.750. The highest BCUT2D eigenvalue weighted by molar-refractivity contribution is 5.91. The standard InChI is InChI=1S/C12H18O/c1-9-7-11(13)8-10-5-3-4-6-12(9,10)2/h8-9H,3-7H2,1-2H3/t9-,12-/m0/s1. The summed E-state index contributed by atoms with van der Waals surface area (Å²) in [5.41, 5.74) is 1.79. The van der Waals surface area contributed by atoms with Crippen LogP contribution in [0.3, 0.4) is 0 Å². The van der Waals surface area contributed by atoms with Gasteiger partial charge in [0, 0.05) is 6.42 Å². The molecule has 0 aromatic heterocycles. The summed E-state index contributed by atoms with van der Waals surface area (Å²) in [5, 5.41) is 0. The molecule has 0 aromatic rings. The summed E-state index contributed by atoms with van der Waals surface area (Å²) in [5.74, 6) is 0.905. The van der Waals surface area contributed by atoms with Gasteiger partial charge in [-0.2, -0.15) is 0 Å². The van der Waals surface area contributed by atoms with Crippen molar-refractivity contribution < 1.29 is 4.79 Å². The van der Waals surface area contributed by atoms with E-state index in [4.69, 9.17) is 0 Å². The van der Waals surface area contributed by atoms with Crippen molar-refractivity contribution in [2.75, 3.05) is 0 Å². The minimum Gasteiger partial charge on any atom is -0.295 e. The lowest BCUT2D eigenvalue weighted by Crippen LogP contribution is -2.35. The maximum Gasteiger partial charge on any atom is 0.155 e. The van der Waals surface area contributed by atoms with Crippen molar-refractivity contribution in [2.45, 2.75) is 46.0 Å². The zero-order valence-corrected chi connectivity index (χ0v) is 8.60. The van der Waals surface area contributed by atoms with E-state index in [0.29, 0.717) is 17.1 Å². The van der Waals surface area contributed by atoms with E-state index in [-0.39, 0.29) is 0 Å². The van der Waals surface area contributed by atoms with Crippen LogP contribution in [0.1, 0.15) is 46.0 Å². The van der Waals surface area contributed by atoms with Crippen molar-refractivity contribution in [1.82, 2.24) is 0 Å². The average molecular weight is 178 g/mol. The molecule has 0 unspecified atom stereocenters. The van der Waals surface area contributed by atoms with Gasteiger partial charge >= 0.3 is 0 Å². The Morgan fingerprint density at radius 3 is 3.00 bits per heavy atom. The molecule has 0 heterocycles. The van der Waals surface area contributed by atoms with E-state index >= 15 is 0 Å². The second kappa shape index (κ2) is 2.97. The maximum atomic E-state index is 11.4. The third-order valence-corrected chi connectivity index (χ3v) is 4.06. The van der Waals surface area contributed by atoms with Gasteiger partial charge < -0.3 is 0 Å². The minimum atomic E-state index is 0.349. The maximum absolute atomic E-state index is 11.4. The Labute approximate surface area is 80.2 Å². The molecule has 13 heavy (non-hydrogen) atoms. The highest BCUT2D eigenvalue weighted by Crippen LogP contribution is 2.49. The van der Waals surface area contributed by atoms with Gasteiger partial charge in [0.05, 0.1) is 0 Å². The molecule has 0 radical (unpaired) electrons. The Bertz CT molecular complexity index is 264. The van der Waals surface area contributed by atoms with Gasteiger partial charge in [-0.15, -0.1) is 0 Å². The number of fused-ring (bicyclic) bond motifs is 1. The fourth-order valence-electron chi connectivity index (χ4n) is 2.83. The second-order valence-electron chi connectivity index (χ2n) is 4.87. The minimum absolute atomic E-state index is 0.349. The first-order valence-electron chi connectivity index (χ1n) is 5.37. The van der Waals surface area contributed by atoms with Crippen LogP contribution in [0.15, 0.2) is 11.6 Å². The Morgan fingerprint density at radius 2 is 2.23 bits per heavy atom. The zero-order chi connectivity index (χ0) is 9.47. The smallest absolute Gasteiger partial charge is 0.155 e. The third-order valence-electron chi connectivity index (χ3n) is 4.06. The van der Waals surface area contributed by atoms with Gasteiger partial charge in [0.15, 0.2) is 5.78 Å². The van der Waals surface area contributed by atoms with Crippen LogP contribution < -0.4 is 0 Å². The van der Waals surface area contributed by atoms with Gasteiger partial charge in [0.2, 0.25) is 0 Å². The van der Waals surface area contributed by atoms with E-state index in [1.807, 2.05) is 6.08 Å². The lowest BCUT2D eigenvalue weighted by atomic mass is 9.61. The summed E-state index contributed by atoms with van der Waals surface area (Å²) in [6.45, 7) is 4.57. The van der Waals surface area contributed by atoms with Crippen LogP contribution in [0.2, 0.25) is 0 Å². The predicted octanol–water partition coefficient (Wildman–Crippen LogP) is 3.10. The van der Waals surface area contributed by atoms with E-state index in [9.17, 15) is 4.79 Å². The molecule has 2 atom stereocenters. The van der Waals surface area contributed by atoms with Crippen LogP contribution in [0, 0.1) is 11.3 Å². The van der Waals surface area contributed by atoms with Crippen LogP contribution in [0.25, 0.3) is 0 Å². The zero-order valence-electron chi connectivity index (χ0n) is 8.60. The molecule has 0 N–H and O–H groups in total. The Hall–Kier alpha value is -0.590. The summed E-state index contributed by atoms with van der Waals surface area (Å²) in [6, 6.07) is 0. The summed E-state index contributed by atoms with van der Waals surface area (Å²) in [7, 11) is 0. The number of ketones is 1. The summed E-state index contributed by atoms with van der Waals surface area (Å²) in [6.07, 6.45) is 7.76. The molecule has 0 bridgehead atoms. The molecular weight excluding hydrogens is 160 g/mol. The van der Waals surface area contributed by atoms with Crippen molar-refractivity contribution in [3.05, 3.63) is 11.6 Å². The lowest BCUT2D eigenvalue weighted by Gasteiger charge is -2.43. The lowest BCUT2D eigenvalue weighted by molar-refractivity contribution is -0.117. The first kappa shape index (κ1) is 8.98. The molecule has 1 saturated carbocycles. The topological polar surface area (TPSA) is 17.1 Å². The SMILES string of the molecule is C[C@H]1CC(=O)C=C2CCCC[C@]21C. The molecule has 0 aromatic carbocycles. The highest BCUT2D eigenvalue weighted by atomic mass is 16.1. The van der Waals surface area contributed by atoms with E-state index in [2.05, 4.69) is 13.8 Å². The van der Waals surface area contributed by atoms with Gasteiger partial charge in [-0.25, -0.2) is 0 Å². The van der Waals surface area contributed by atoms with E-state index in [1.165, 1.54) is 24.8 Å². The molecular formula is C12H18O. The molecule has 2 aliphatic rings. The summed E-state index contributed by atoms with van der Waals surface area (Å²) < 4.78 is 0. The van der Waals surface area contributed by atoms with Crippen molar-refractivity contribution >= 4 is 5.78 Å². The van der Waals surface area contributed by atoms with Crippen molar-refractivity contribution in [3.63, 3.8) is 0 Å². The van der Waals surface area contributed by atoms with E-state index < -0.39 is 0 Å². The molecule has 2 aliphatic carbocycles. The summed E-state index contributed by atoms with van der Waals surface area (Å²) >= 11 is 0. The Balaban J connectivity index is 2.35. The summed E-state index contributed by atoms with van der Waals surface area (Å²) in [4.78, 5) is 11.4. The Morgan fingerprint density at radius 1 is 1.46 bits per heavy atom. The van der Waals surface area contributed by atoms with Gasteiger partial charge in [0.25, 0.3) is 0 Å². The number of hydrogen-bond acceptors (Lipinski definition) is 1. The average Bonchev–Trinajstić information content (AvgIpc) is 2.07. The van der Waals surface area contributed by atoms with Crippen LogP contribution in [0.4, 0.5) is 0 Å². The number of allylic oxidation sites excluding steroid dienone is 2. The van der Waals surface area contributed by atoms with Gasteiger partial charge in [-0.1, -0.05) is 25.8 Å².